The Bertz CT molecular complexity index is 592. The van der Waals surface area contributed by atoms with Gasteiger partial charge in [-0.2, -0.15) is 0 Å². The maximum absolute atomic E-state index is 13.8. The quantitative estimate of drug-likeness (QED) is 0.820. The smallest absolute Gasteiger partial charge is 0.354 e. The second-order valence-electron chi connectivity index (χ2n) is 3.34. The van der Waals surface area contributed by atoms with E-state index in [1.54, 1.807) is 0 Å². The molecule has 0 bridgehead atoms. The van der Waals surface area contributed by atoms with Gasteiger partial charge in [-0.1, -0.05) is 0 Å². The van der Waals surface area contributed by atoms with E-state index in [2.05, 4.69) is 14.5 Å². The van der Waals surface area contributed by atoms with Crippen LogP contribution in [0, 0.1) is 11.6 Å². The Morgan fingerprint density at radius 1 is 1.29 bits per heavy atom. The number of aromatic nitrogens is 1. The second-order valence-corrected chi connectivity index (χ2v) is 3.34. The van der Waals surface area contributed by atoms with Crippen molar-refractivity contribution in [2.24, 2.45) is 0 Å². The molecule has 0 radical (unpaired) electrons. The first-order chi connectivity index (χ1) is 8.08. The van der Waals surface area contributed by atoms with Crippen molar-refractivity contribution in [3.05, 3.63) is 29.5 Å². The van der Waals surface area contributed by atoms with Crippen LogP contribution in [0.4, 0.5) is 8.78 Å². The van der Waals surface area contributed by atoms with Gasteiger partial charge in [0.15, 0.2) is 17.4 Å². The maximum Gasteiger partial charge on any atom is 0.354 e. The lowest BCUT2D eigenvalue weighted by atomic mass is 10.2. The Kier molecular flexibility index (Phi) is 2.71. The summed E-state index contributed by atoms with van der Waals surface area (Å²) in [6.45, 7) is 0. The van der Waals surface area contributed by atoms with Crippen molar-refractivity contribution in [2.75, 3.05) is 14.2 Å². The molecule has 1 N–H and O–H groups in total. The summed E-state index contributed by atoms with van der Waals surface area (Å²) in [7, 11) is 2.37. The summed E-state index contributed by atoms with van der Waals surface area (Å²) in [6.07, 6.45) is 0. The summed E-state index contributed by atoms with van der Waals surface area (Å²) in [5.41, 5.74) is 0.218. The van der Waals surface area contributed by atoms with Crippen molar-refractivity contribution in [3.8, 4) is 5.75 Å². The van der Waals surface area contributed by atoms with Crippen LogP contribution in [0.5, 0.6) is 5.75 Å². The van der Waals surface area contributed by atoms with Gasteiger partial charge in [-0.15, -0.1) is 0 Å². The molecule has 17 heavy (non-hydrogen) atoms. The van der Waals surface area contributed by atoms with Gasteiger partial charge in [0.1, 0.15) is 5.69 Å². The molecule has 1 aromatic carbocycles. The number of rotatable bonds is 2. The van der Waals surface area contributed by atoms with Crippen molar-refractivity contribution in [1.29, 1.82) is 0 Å². The Balaban J connectivity index is 2.69. The van der Waals surface area contributed by atoms with Crippen molar-refractivity contribution in [1.82, 2.24) is 4.98 Å². The molecular weight excluding hydrogens is 232 g/mol. The third-order valence-electron chi connectivity index (χ3n) is 2.38. The molecule has 0 atom stereocenters. The summed E-state index contributed by atoms with van der Waals surface area (Å²) < 4.78 is 36.2. The number of ether oxygens (including phenoxy) is 2. The van der Waals surface area contributed by atoms with Crippen molar-refractivity contribution < 1.29 is 23.0 Å². The van der Waals surface area contributed by atoms with Crippen LogP contribution in [0.25, 0.3) is 10.9 Å². The molecule has 0 saturated carbocycles. The maximum atomic E-state index is 13.8. The summed E-state index contributed by atoms with van der Waals surface area (Å²) in [4.78, 5) is 13.8. The highest BCUT2D eigenvalue weighted by Crippen LogP contribution is 2.29. The zero-order valence-corrected chi connectivity index (χ0v) is 9.14. The molecule has 0 aliphatic carbocycles. The monoisotopic (exact) mass is 241 g/mol. The molecule has 0 spiro atoms. The first-order valence-corrected chi connectivity index (χ1v) is 4.71. The number of methoxy groups -OCH3 is 2. The van der Waals surface area contributed by atoms with Crippen LogP contribution in [-0.4, -0.2) is 25.2 Å². The molecule has 0 fully saturated rings. The molecule has 0 unspecified atom stereocenters. The molecule has 0 saturated heterocycles. The fourth-order valence-electron chi connectivity index (χ4n) is 1.59. The Hall–Kier alpha value is -2.11. The SMILES string of the molecule is COC(=O)c1cc2c(F)c(OC)c(F)cc2[nH]1. The summed E-state index contributed by atoms with van der Waals surface area (Å²) >= 11 is 0. The van der Waals surface area contributed by atoms with Crippen LogP contribution in [0.2, 0.25) is 0 Å². The van der Waals surface area contributed by atoms with E-state index in [0.717, 1.165) is 6.07 Å². The van der Waals surface area contributed by atoms with Gasteiger partial charge in [0.05, 0.1) is 19.7 Å². The Morgan fingerprint density at radius 3 is 2.59 bits per heavy atom. The summed E-state index contributed by atoms with van der Waals surface area (Å²) in [5.74, 6) is -2.82. The van der Waals surface area contributed by atoms with E-state index in [4.69, 9.17) is 0 Å². The largest absolute Gasteiger partial charge is 0.491 e. The zero-order valence-electron chi connectivity index (χ0n) is 9.14. The number of fused-ring (bicyclic) bond motifs is 1. The van der Waals surface area contributed by atoms with Gasteiger partial charge in [0.2, 0.25) is 0 Å². The molecule has 90 valence electrons. The van der Waals surface area contributed by atoms with E-state index in [9.17, 15) is 13.6 Å². The average molecular weight is 241 g/mol. The lowest BCUT2D eigenvalue weighted by Gasteiger charge is -2.03. The lowest BCUT2D eigenvalue weighted by Crippen LogP contribution is -2.00. The van der Waals surface area contributed by atoms with Gasteiger partial charge in [0, 0.05) is 11.5 Å². The molecule has 1 aromatic heterocycles. The minimum absolute atomic E-state index is 0.0500. The fourth-order valence-corrected chi connectivity index (χ4v) is 1.59. The fraction of sp³-hybridized carbons (Fsp3) is 0.182. The van der Waals surface area contributed by atoms with Crippen LogP contribution in [0.15, 0.2) is 12.1 Å². The number of benzene rings is 1. The second kappa shape index (κ2) is 4.04. The number of halogens is 2. The molecule has 2 rings (SSSR count). The number of hydrogen-bond donors (Lipinski definition) is 1. The molecule has 0 aliphatic rings. The molecule has 2 aromatic rings. The molecule has 1 heterocycles. The third-order valence-corrected chi connectivity index (χ3v) is 2.38. The third kappa shape index (κ3) is 1.71. The molecular formula is C11H9F2NO3. The van der Waals surface area contributed by atoms with Gasteiger partial charge < -0.3 is 14.5 Å². The van der Waals surface area contributed by atoms with Crippen molar-refractivity contribution in [2.45, 2.75) is 0 Å². The predicted octanol–water partition coefficient (Wildman–Crippen LogP) is 2.24. The van der Waals surface area contributed by atoms with Gasteiger partial charge >= 0.3 is 5.97 Å². The number of carbonyl (C=O) groups is 1. The van der Waals surface area contributed by atoms with Gasteiger partial charge in [-0.25, -0.2) is 13.6 Å². The molecule has 4 nitrogen and oxygen atoms in total. The average Bonchev–Trinajstić information content (AvgIpc) is 2.72. The van der Waals surface area contributed by atoms with E-state index >= 15 is 0 Å². The Labute approximate surface area is 95.1 Å². The standard InChI is InChI=1S/C11H9F2NO3/c1-16-10-6(12)4-7-5(9(10)13)3-8(14-7)11(15)17-2/h3-4,14H,1-2H3. The van der Waals surface area contributed by atoms with E-state index in [1.165, 1.54) is 20.3 Å². The van der Waals surface area contributed by atoms with E-state index in [0.29, 0.717) is 0 Å². The van der Waals surface area contributed by atoms with Crippen molar-refractivity contribution >= 4 is 16.9 Å². The Morgan fingerprint density at radius 2 is 2.00 bits per heavy atom. The van der Waals surface area contributed by atoms with Gasteiger partial charge in [-0.3, -0.25) is 0 Å². The topological polar surface area (TPSA) is 51.3 Å². The molecule has 0 aliphatic heterocycles. The zero-order chi connectivity index (χ0) is 12.6. The van der Waals surface area contributed by atoms with Crippen LogP contribution < -0.4 is 4.74 Å². The van der Waals surface area contributed by atoms with Gasteiger partial charge in [-0.05, 0) is 6.07 Å². The minimum atomic E-state index is -0.853. The van der Waals surface area contributed by atoms with E-state index in [1.807, 2.05) is 0 Å². The summed E-state index contributed by atoms with van der Waals surface area (Å²) in [5, 5.41) is 0.0728. The van der Waals surface area contributed by atoms with Crippen LogP contribution in [0.3, 0.4) is 0 Å². The normalized spacial score (nSPS) is 10.6. The number of aromatic amines is 1. The predicted molar refractivity (Wildman–Crippen MR) is 56.1 cm³/mol. The van der Waals surface area contributed by atoms with Crippen molar-refractivity contribution in [3.63, 3.8) is 0 Å². The lowest BCUT2D eigenvalue weighted by molar-refractivity contribution is 0.0595. The van der Waals surface area contributed by atoms with E-state index < -0.39 is 23.4 Å². The molecule has 0 amide bonds. The summed E-state index contributed by atoms with van der Waals surface area (Å²) in [6, 6.07) is 2.31. The number of esters is 1. The van der Waals surface area contributed by atoms with Crippen LogP contribution in [0.1, 0.15) is 10.5 Å². The first-order valence-electron chi connectivity index (χ1n) is 4.71. The number of nitrogens with one attached hydrogen (secondary N) is 1. The first kappa shape index (κ1) is 11.4. The number of hydrogen-bond acceptors (Lipinski definition) is 3. The van der Waals surface area contributed by atoms with Crippen LogP contribution in [-0.2, 0) is 4.74 Å². The van der Waals surface area contributed by atoms with Gasteiger partial charge in [0.25, 0.3) is 0 Å². The highest BCUT2D eigenvalue weighted by atomic mass is 19.1. The molecule has 6 heteroatoms. The van der Waals surface area contributed by atoms with Crippen LogP contribution >= 0.6 is 0 Å². The van der Waals surface area contributed by atoms with E-state index in [-0.39, 0.29) is 16.6 Å². The minimum Gasteiger partial charge on any atom is -0.491 e. The number of H-pyrrole nitrogens is 1. The highest BCUT2D eigenvalue weighted by molar-refractivity contribution is 5.95. The number of carbonyl (C=O) groups excluding carboxylic acids is 1. The highest BCUT2D eigenvalue weighted by Gasteiger charge is 2.18.